The molecule has 6 nitrogen and oxygen atoms in total. The Morgan fingerprint density at radius 2 is 2.11 bits per heavy atom. The lowest BCUT2D eigenvalue weighted by Gasteiger charge is -2.07. The van der Waals surface area contributed by atoms with Crippen LogP contribution in [-0.2, 0) is 21.3 Å². The van der Waals surface area contributed by atoms with Crippen LogP contribution in [0.3, 0.4) is 0 Å². The predicted octanol–water partition coefficient (Wildman–Crippen LogP) is 1.09. The van der Waals surface area contributed by atoms with Gasteiger partial charge in [0.25, 0.3) is 10.0 Å². The third kappa shape index (κ3) is 5.73. The minimum absolute atomic E-state index is 0.0602. The normalized spacial score (nSPS) is 12.2. The van der Waals surface area contributed by atoms with Gasteiger partial charge >= 0.3 is 0 Å². The first-order valence-corrected chi connectivity index (χ1v) is 7.78. The van der Waals surface area contributed by atoms with Crippen molar-refractivity contribution in [1.29, 1.82) is 0 Å². The number of ether oxygens (including phenoxy) is 1. The zero-order valence-electron chi connectivity index (χ0n) is 11.6. The molecule has 0 amide bonds. The molecule has 2 N–H and O–H groups in total. The molecular formula is C12H22N2O4S. The average Bonchev–Trinajstić information content (AvgIpc) is 2.82. The molecule has 0 bridgehead atoms. The highest BCUT2D eigenvalue weighted by Gasteiger charge is 2.15. The zero-order chi connectivity index (χ0) is 14.3. The number of hydrogen-bond acceptors (Lipinski definition) is 5. The highest BCUT2D eigenvalue weighted by molar-refractivity contribution is 7.89. The number of rotatable bonds is 9. The highest BCUT2D eigenvalue weighted by atomic mass is 32.2. The molecule has 110 valence electrons. The van der Waals surface area contributed by atoms with Crippen molar-refractivity contribution in [2.45, 2.75) is 38.0 Å². The summed E-state index contributed by atoms with van der Waals surface area (Å²) in [6, 6.07) is 3.10. The maximum atomic E-state index is 11.5. The smallest absolute Gasteiger partial charge is 0.273 e. The summed E-state index contributed by atoms with van der Waals surface area (Å²) in [5, 5.41) is 3.11. The molecule has 19 heavy (non-hydrogen) atoms. The van der Waals surface area contributed by atoms with Gasteiger partial charge in [0.1, 0.15) is 5.76 Å². The second kappa shape index (κ2) is 7.64. The highest BCUT2D eigenvalue weighted by Crippen LogP contribution is 2.12. The van der Waals surface area contributed by atoms with Crippen LogP contribution < -0.4 is 10.0 Å². The van der Waals surface area contributed by atoms with Crippen LogP contribution >= 0.6 is 0 Å². The quantitative estimate of drug-likeness (QED) is 0.666. The van der Waals surface area contributed by atoms with Crippen LogP contribution in [0.15, 0.2) is 21.6 Å². The van der Waals surface area contributed by atoms with Gasteiger partial charge in [-0.15, -0.1) is 0 Å². The maximum Gasteiger partial charge on any atom is 0.273 e. The van der Waals surface area contributed by atoms with E-state index < -0.39 is 10.0 Å². The molecule has 1 aromatic heterocycles. The van der Waals surface area contributed by atoms with Gasteiger partial charge in [-0.2, -0.15) is 0 Å². The first-order valence-electron chi connectivity index (χ1n) is 6.30. The SMILES string of the molecule is CNS(=O)(=O)c1ccc(CNCCCOC(C)C)o1. The van der Waals surface area contributed by atoms with Crippen molar-refractivity contribution in [1.82, 2.24) is 10.0 Å². The molecule has 0 aromatic carbocycles. The Labute approximate surface area is 114 Å². The molecule has 0 spiro atoms. The molecule has 0 unspecified atom stereocenters. The second-order valence-corrected chi connectivity index (χ2v) is 6.20. The van der Waals surface area contributed by atoms with Crippen molar-refractivity contribution in [3.8, 4) is 0 Å². The van der Waals surface area contributed by atoms with Crippen LogP contribution in [0.2, 0.25) is 0 Å². The first kappa shape index (κ1) is 16.2. The molecule has 0 atom stereocenters. The fraction of sp³-hybridized carbons (Fsp3) is 0.667. The Morgan fingerprint density at radius 3 is 2.74 bits per heavy atom. The van der Waals surface area contributed by atoms with Gasteiger partial charge in [-0.05, 0) is 46.0 Å². The maximum absolute atomic E-state index is 11.5. The summed E-state index contributed by atoms with van der Waals surface area (Å²) in [5.74, 6) is 0.596. The second-order valence-electron chi connectivity index (χ2n) is 4.38. The summed E-state index contributed by atoms with van der Waals surface area (Å²) in [4.78, 5) is 0. The molecule has 0 radical (unpaired) electrons. The predicted molar refractivity (Wildman–Crippen MR) is 72.4 cm³/mol. The van der Waals surface area contributed by atoms with Gasteiger partial charge in [-0.25, -0.2) is 13.1 Å². The molecule has 0 fully saturated rings. The van der Waals surface area contributed by atoms with Gasteiger partial charge < -0.3 is 14.5 Å². The van der Waals surface area contributed by atoms with Crippen molar-refractivity contribution < 1.29 is 17.6 Å². The van der Waals surface area contributed by atoms with Crippen molar-refractivity contribution in [2.24, 2.45) is 0 Å². The zero-order valence-corrected chi connectivity index (χ0v) is 12.4. The Hall–Kier alpha value is -0.890. The van der Waals surface area contributed by atoms with Gasteiger partial charge in [0.05, 0.1) is 12.6 Å². The van der Waals surface area contributed by atoms with E-state index in [-0.39, 0.29) is 11.2 Å². The summed E-state index contributed by atoms with van der Waals surface area (Å²) < 4.78 is 35.8. The molecule has 0 saturated heterocycles. The van der Waals surface area contributed by atoms with Crippen LogP contribution in [0.4, 0.5) is 0 Å². The first-order chi connectivity index (χ1) is 8.95. The summed E-state index contributed by atoms with van der Waals surface area (Å²) in [6.07, 6.45) is 1.15. The monoisotopic (exact) mass is 290 g/mol. The largest absolute Gasteiger partial charge is 0.447 e. The lowest BCUT2D eigenvalue weighted by molar-refractivity contribution is 0.0770. The van der Waals surface area contributed by atoms with E-state index in [9.17, 15) is 8.42 Å². The summed E-state index contributed by atoms with van der Waals surface area (Å²) >= 11 is 0. The fourth-order valence-electron chi connectivity index (χ4n) is 1.43. The third-order valence-corrected chi connectivity index (χ3v) is 3.71. The molecule has 1 aromatic rings. The van der Waals surface area contributed by atoms with Crippen LogP contribution in [0.1, 0.15) is 26.0 Å². The van der Waals surface area contributed by atoms with Crippen LogP contribution in [0.5, 0.6) is 0 Å². The molecule has 7 heteroatoms. The van der Waals surface area contributed by atoms with Gasteiger partial charge in [0.2, 0.25) is 5.09 Å². The minimum Gasteiger partial charge on any atom is -0.447 e. The van der Waals surface area contributed by atoms with Crippen LogP contribution in [-0.4, -0.2) is 34.7 Å². The minimum atomic E-state index is -3.49. The number of hydrogen-bond donors (Lipinski definition) is 2. The van der Waals surface area contributed by atoms with E-state index in [2.05, 4.69) is 10.0 Å². The molecule has 0 aliphatic heterocycles. The molecule has 1 rings (SSSR count). The van der Waals surface area contributed by atoms with E-state index in [1.54, 1.807) is 6.07 Å². The molecule has 1 heterocycles. The van der Waals surface area contributed by atoms with Crippen molar-refractivity contribution in [3.63, 3.8) is 0 Å². The third-order valence-electron chi connectivity index (χ3n) is 2.42. The van der Waals surface area contributed by atoms with E-state index >= 15 is 0 Å². The van der Waals surface area contributed by atoms with Gasteiger partial charge in [-0.1, -0.05) is 0 Å². The van der Waals surface area contributed by atoms with Crippen molar-refractivity contribution >= 4 is 10.0 Å². The summed E-state index contributed by atoms with van der Waals surface area (Å²) in [6.45, 7) is 6.00. The standard InChI is InChI=1S/C12H22N2O4S/c1-10(2)17-8-4-7-14-9-11-5-6-12(18-11)19(15,16)13-3/h5-6,10,13-14H,4,7-9H2,1-3H3. The van der Waals surface area contributed by atoms with Gasteiger partial charge in [0.15, 0.2) is 0 Å². The van der Waals surface area contributed by atoms with E-state index in [0.29, 0.717) is 18.9 Å². The van der Waals surface area contributed by atoms with Gasteiger partial charge in [-0.3, -0.25) is 0 Å². The lowest BCUT2D eigenvalue weighted by atomic mass is 10.4. The molecule has 0 aliphatic carbocycles. The number of sulfonamides is 1. The Bertz CT molecular complexity index is 468. The van der Waals surface area contributed by atoms with Crippen LogP contribution in [0.25, 0.3) is 0 Å². The Kier molecular flexibility index (Phi) is 6.50. The van der Waals surface area contributed by atoms with Crippen LogP contribution in [0, 0.1) is 0 Å². The topological polar surface area (TPSA) is 80.6 Å². The van der Waals surface area contributed by atoms with E-state index in [1.807, 2.05) is 13.8 Å². The Balaban J connectivity index is 2.28. The summed E-state index contributed by atoms with van der Waals surface area (Å²) in [7, 11) is -2.14. The Morgan fingerprint density at radius 1 is 1.37 bits per heavy atom. The molecular weight excluding hydrogens is 268 g/mol. The average molecular weight is 290 g/mol. The molecule has 0 saturated carbocycles. The van der Waals surface area contributed by atoms with Crippen molar-refractivity contribution in [2.75, 3.05) is 20.2 Å². The van der Waals surface area contributed by atoms with E-state index in [0.717, 1.165) is 13.0 Å². The summed E-state index contributed by atoms with van der Waals surface area (Å²) in [5.41, 5.74) is 0. The van der Waals surface area contributed by atoms with Crippen molar-refractivity contribution in [3.05, 3.63) is 17.9 Å². The fourth-order valence-corrected chi connectivity index (χ4v) is 2.09. The molecule has 0 aliphatic rings. The van der Waals surface area contributed by atoms with E-state index in [4.69, 9.17) is 9.15 Å². The van der Waals surface area contributed by atoms with E-state index in [1.165, 1.54) is 13.1 Å². The number of furan rings is 1. The lowest BCUT2D eigenvalue weighted by Crippen LogP contribution is -2.18. The number of nitrogens with one attached hydrogen (secondary N) is 2. The van der Waals surface area contributed by atoms with Gasteiger partial charge in [0, 0.05) is 6.61 Å².